The smallest absolute Gasteiger partial charge is 0.270 e. The van der Waals surface area contributed by atoms with Gasteiger partial charge in [0, 0.05) is 24.4 Å². The van der Waals surface area contributed by atoms with Gasteiger partial charge in [-0.3, -0.25) is 19.6 Å². The van der Waals surface area contributed by atoms with Gasteiger partial charge in [0.2, 0.25) is 0 Å². The van der Waals surface area contributed by atoms with E-state index < -0.39 is 10.8 Å². The van der Waals surface area contributed by atoms with E-state index in [1.165, 1.54) is 35.9 Å². The Morgan fingerprint density at radius 3 is 2.96 bits per heavy atom. The number of hydrogen-bond acceptors (Lipinski definition) is 4. The highest BCUT2D eigenvalue weighted by Gasteiger charge is 2.17. The molecule has 1 aromatic carbocycles. The number of nitro benzene ring substituents is 1. The molecule has 24 heavy (non-hydrogen) atoms. The van der Waals surface area contributed by atoms with Gasteiger partial charge in [-0.1, -0.05) is 11.6 Å². The average molecular weight is 349 g/mol. The van der Waals surface area contributed by atoms with Crippen LogP contribution >= 0.6 is 11.6 Å². The standard InChI is InChI=1S/C16H17ClN4O3/c17-14-6-5-12(21(23)24)9-13(14)16(22)18-7-8-20-15-4-2-1-3-11(15)10-19-20/h5-6,9-10H,1-4,7-8H2,(H,18,22). The molecule has 1 heterocycles. The number of nitrogens with one attached hydrogen (secondary N) is 1. The molecule has 1 aliphatic carbocycles. The number of hydrogen-bond donors (Lipinski definition) is 1. The predicted molar refractivity (Wildman–Crippen MR) is 89.3 cm³/mol. The van der Waals surface area contributed by atoms with Crippen LogP contribution in [0.3, 0.4) is 0 Å². The Balaban J connectivity index is 1.63. The molecule has 0 spiro atoms. The number of aromatic nitrogens is 2. The molecule has 3 rings (SSSR count). The molecule has 0 saturated heterocycles. The van der Waals surface area contributed by atoms with Gasteiger partial charge in [0.05, 0.1) is 28.3 Å². The predicted octanol–water partition coefficient (Wildman–Crippen LogP) is 2.75. The molecular formula is C16H17ClN4O3. The summed E-state index contributed by atoms with van der Waals surface area (Å²) in [5.41, 5.74) is 2.47. The van der Waals surface area contributed by atoms with E-state index in [0.29, 0.717) is 13.1 Å². The van der Waals surface area contributed by atoms with Gasteiger partial charge in [0.15, 0.2) is 0 Å². The van der Waals surface area contributed by atoms with Gasteiger partial charge in [-0.2, -0.15) is 5.10 Å². The third-order valence-corrected chi connectivity index (χ3v) is 4.49. The van der Waals surface area contributed by atoms with Gasteiger partial charge in [0.1, 0.15) is 0 Å². The number of nitrogens with zero attached hydrogens (tertiary/aromatic N) is 3. The first-order valence-corrected chi connectivity index (χ1v) is 8.20. The van der Waals surface area contributed by atoms with Crippen molar-refractivity contribution < 1.29 is 9.72 Å². The topological polar surface area (TPSA) is 90.1 Å². The van der Waals surface area contributed by atoms with Crippen LogP contribution in [0.4, 0.5) is 5.69 Å². The quantitative estimate of drug-likeness (QED) is 0.664. The van der Waals surface area contributed by atoms with Crippen molar-refractivity contribution in [2.24, 2.45) is 0 Å². The first-order chi connectivity index (χ1) is 11.6. The maximum atomic E-state index is 12.2. The lowest BCUT2D eigenvalue weighted by atomic mass is 9.98. The molecule has 1 N–H and O–H groups in total. The normalized spacial score (nSPS) is 13.4. The second-order valence-corrected chi connectivity index (χ2v) is 6.13. The van der Waals surface area contributed by atoms with Crippen LogP contribution in [0.5, 0.6) is 0 Å². The summed E-state index contributed by atoms with van der Waals surface area (Å²) in [6.07, 6.45) is 6.33. The zero-order valence-corrected chi connectivity index (χ0v) is 13.8. The molecule has 1 aliphatic rings. The van der Waals surface area contributed by atoms with Gasteiger partial charge in [-0.25, -0.2) is 0 Å². The molecule has 0 atom stereocenters. The van der Waals surface area contributed by atoms with E-state index in [-0.39, 0.29) is 16.3 Å². The van der Waals surface area contributed by atoms with Crippen LogP contribution in [-0.4, -0.2) is 27.2 Å². The van der Waals surface area contributed by atoms with Gasteiger partial charge < -0.3 is 5.32 Å². The molecule has 2 aromatic rings. The molecule has 8 heteroatoms. The fourth-order valence-electron chi connectivity index (χ4n) is 2.92. The van der Waals surface area contributed by atoms with Crippen molar-refractivity contribution >= 4 is 23.2 Å². The number of carbonyl (C=O) groups excluding carboxylic acids is 1. The SMILES string of the molecule is O=C(NCCn1ncc2c1CCCC2)c1cc([N+](=O)[O-])ccc1Cl. The molecular weight excluding hydrogens is 332 g/mol. The highest BCUT2D eigenvalue weighted by Crippen LogP contribution is 2.22. The Labute approximate surface area is 143 Å². The van der Waals surface area contributed by atoms with E-state index in [9.17, 15) is 14.9 Å². The minimum Gasteiger partial charge on any atom is -0.350 e. The van der Waals surface area contributed by atoms with Crippen molar-refractivity contribution in [3.05, 3.63) is 56.4 Å². The Bertz CT molecular complexity index is 788. The lowest BCUT2D eigenvalue weighted by Crippen LogP contribution is -2.28. The Kier molecular flexibility index (Phi) is 4.80. The molecule has 1 amide bonds. The Hall–Kier alpha value is -2.41. The van der Waals surface area contributed by atoms with Crippen LogP contribution in [0.25, 0.3) is 0 Å². The van der Waals surface area contributed by atoms with Crippen LogP contribution in [-0.2, 0) is 19.4 Å². The summed E-state index contributed by atoms with van der Waals surface area (Å²) >= 11 is 5.97. The number of non-ortho nitro benzene ring substituents is 1. The van der Waals surface area contributed by atoms with Crippen molar-refractivity contribution in [3.63, 3.8) is 0 Å². The Morgan fingerprint density at radius 2 is 2.17 bits per heavy atom. The molecule has 126 valence electrons. The third kappa shape index (κ3) is 3.41. The number of halogens is 1. The average Bonchev–Trinajstić information content (AvgIpc) is 2.98. The number of benzene rings is 1. The second-order valence-electron chi connectivity index (χ2n) is 5.72. The number of amides is 1. The summed E-state index contributed by atoms with van der Waals surface area (Å²) < 4.78 is 1.92. The summed E-state index contributed by atoms with van der Waals surface area (Å²) in [5.74, 6) is -0.426. The zero-order valence-electron chi connectivity index (χ0n) is 13.0. The highest BCUT2D eigenvalue weighted by molar-refractivity contribution is 6.33. The van der Waals surface area contributed by atoms with Crippen LogP contribution in [0, 0.1) is 10.1 Å². The summed E-state index contributed by atoms with van der Waals surface area (Å²) in [7, 11) is 0. The van der Waals surface area contributed by atoms with E-state index in [1.54, 1.807) is 0 Å². The van der Waals surface area contributed by atoms with Crippen LogP contribution < -0.4 is 5.32 Å². The van der Waals surface area contributed by atoms with Gasteiger partial charge in [-0.15, -0.1) is 0 Å². The van der Waals surface area contributed by atoms with E-state index >= 15 is 0 Å². The van der Waals surface area contributed by atoms with Crippen molar-refractivity contribution in [2.75, 3.05) is 6.54 Å². The molecule has 0 bridgehead atoms. The number of fused-ring (bicyclic) bond motifs is 1. The lowest BCUT2D eigenvalue weighted by molar-refractivity contribution is -0.384. The summed E-state index contributed by atoms with van der Waals surface area (Å²) in [6, 6.07) is 3.82. The fourth-order valence-corrected chi connectivity index (χ4v) is 3.12. The van der Waals surface area contributed by atoms with E-state index in [2.05, 4.69) is 10.4 Å². The van der Waals surface area contributed by atoms with Crippen molar-refractivity contribution in [3.8, 4) is 0 Å². The first-order valence-electron chi connectivity index (χ1n) is 7.82. The summed E-state index contributed by atoms with van der Waals surface area (Å²) in [6.45, 7) is 0.944. The molecule has 0 aliphatic heterocycles. The van der Waals surface area contributed by atoms with Crippen molar-refractivity contribution in [1.82, 2.24) is 15.1 Å². The van der Waals surface area contributed by atoms with Crippen LogP contribution in [0.15, 0.2) is 24.4 Å². The first kappa shape index (κ1) is 16.4. The number of rotatable bonds is 5. The molecule has 0 fully saturated rings. The highest BCUT2D eigenvalue weighted by atomic mass is 35.5. The van der Waals surface area contributed by atoms with Crippen molar-refractivity contribution in [2.45, 2.75) is 32.2 Å². The van der Waals surface area contributed by atoms with E-state index in [1.807, 2.05) is 10.9 Å². The summed E-state index contributed by atoms with van der Waals surface area (Å²) in [5, 5.41) is 18.1. The fraction of sp³-hybridized carbons (Fsp3) is 0.375. The number of aryl methyl sites for hydroxylation is 1. The maximum Gasteiger partial charge on any atom is 0.270 e. The van der Waals surface area contributed by atoms with Gasteiger partial charge in [0.25, 0.3) is 11.6 Å². The van der Waals surface area contributed by atoms with E-state index in [0.717, 1.165) is 19.3 Å². The minimum absolute atomic E-state index is 0.105. The lowest BCUT2D eigenvalue weighted by Gasteiger charge is -2.14. The van der Waals surface area contributed by atoms with E-state index in [4.69, 9.17) is 11.6 Å². The minimum atomic E-state index is -0.552. The van der Waals surface area contributed by atoms with Gasteiger partial charge >= 0.3 is 0 Å². The molecule has 1 aromatic heterocycles. The molecule has 0 unspecified atom stereocenters. The van der Waals surface area contributed by atoms with Gasteiger partial charge in [-0.05, 0) is 37.3 Å². The van der Waals surface area contributed by atoms with Crippen LogP contribution in [0.1, 0.15) is 34.5 Å². The number of carbonyl (C=O) groups is 1. The monoisotopic (exact) mass is 348 g/mol. The third-order valence-electron chi connectivity index (χ3n) is 4.16. The van der Waals surface area contributed by atoms with Crippen molar-refractivity contribution in [1.29, 1.82) is 0 Å². The largest absolute Gasteiger partial charge is 0.350 e. The number of nitro groups is 1. The second kappa shape index (κ2) is 7.00. The Morgan fingerprint density at radius 1 is 1.38 bits per heavy atom. The van der Waals surface area contributed by atoms with Crippen LogP contribution in [0.2, 0.25) is 5.02 Å². The molecule has 7 nitrogen and oxygen atoms in total. The summed E-state index contributed by atoms with van der Waals surface area (Å²) in [4.78, 5) is 22.5. The molecule has 0 radical (unpaired) electrons. The zero-order chi connectivity index (χ0) is 17.1. The molecule has 0 saturated carbocycles. The maximum absolute atomic E-state index is 12.2.